The number of carbonyl (C=O) groups is 1. The molecule has 0 unspecified atom stereocenters. The molecule has 6 nitrogen and oxygen atoms in total. The molecule has 1 N–H and O–H groups in total. The van der Waals surface area contributed by atoms with Gasteiger partial charge in [-0.2, -0.15) is 0 Å². The van der Waals surface area contributed by atoms with Crippen molar-refractivity contribution in [3.8, 4) is 0 Å². The molecule has 3 aromatic rings. The number of unbranched alkanes of at least 4 members (excludes halogenated alkanes) is 1. The third-order valence-electron chi connectivity index (χ3n) is 4.60. The highest BCUT2D eigenvalue weighted by Crippen LogP contribution is 2.20. The smallest absolute Gasteiger partial charge is 0.263 e. The van der Waals surface area contributed by atoms with Gasteiger partial charge in [0.1, 0.15) is 6.33 Å². The van der Waals surface area contributed by atoms with Crippen LogP contribution in [0.2, 0.25) is 0 Å². The Morgan fingerprint density at radius 3 is 2.63 bits per heavy atom. The summed E-state index contributed by atoms with van der Waals surface area (Å²) in [6, 6.07) is 9.94. The van der Waals surface area contributed by atoms with E-state index in [9.17, 15) is 13.2 Å². The fourth-order valence-corrected chi connectivity index (χ4v) is 3.95. The van der Waals surface area contributed by atoms with Gasteiger partial charge in [-0.3, -0.25) is 9.36 Å². The number of imidazole rings is 1. The standard InChI is InChI=1S/C20H23N3O3S/c1-4-5-9-22-27(25,26)17-8-6-7-16(12-17)20(24)23-13-21-18-10-14(2)15(3)11-19(18)23/h6-8,10-13,22H,4-5,9H2,1-3H3. The summed E-state index contributed by atoms with van der Waals surface area (Å²) in [7, 11) is -3.64. The molecule has 0 atom stereocenters. The second kappa shape index (κ2) is 7.62. The molecular weight excluding hydrogens is 362 g/mol. The van der Waals surface area contributed by atoms with E-state index in [0.717, 1.165) is 29.5 Å². The van der Waals surface area contributed by atoms with Crippen molar-refractivity contribution in [2.75, 3.05) is 6.54 Å². The summed E-state index contributed by atoms with van der Waals surface area (Å²) in [5, 5.41) is 0. The summed E-state index contributed by atoms with van der Waals surface area (Å²) < 4.78 is 28.9. The Balaban J connectivity index is 1.96. The Hall–Kier alpha value is -2.51. The number of fused-ring (bicyclic) bond motifs is 1. The number of benzene rings is 2. The van der Waals surface area contributed by atoms with E-state index < -0.39 is 10.0 Å². The topological polar surface area (TPSA) is 81.1 Å². The van der Waals surface area contributed by atoms with Crippen LogP contribution in [0.25, 0.3) is 11.0 Å². The zero-order chi connectivity index (χ0) is 19.6. The van der Waals surface area contributed by atoms with Crippen LogP contribution in [-0.2, 0) is 10.0 Å². The highest BCUT2D eigenvalue weighted by molar-refractivity contribution is 7.89. The largest absolute Gasteiger partial charge is 0.268 e. The molecule has 0 spiro atoms. The molecule has 0 aliphatic rings. The second-order valence-electron chi connectivity index (χ2n) is 6.62. The van der Waals surface area contributed by atoms with Gasteiger partial charge in [-0.15, -0.1) is 0 Å². The molecule has 3 rings (SSSR count). The molecule has 0 bridgehead atoms. The normalized spacial score (nSPS) is 11.8. The molecule has 0 saturated carbocycles. The number of nitrogens with zero attached hydrogens (tertiary/aromatic N) is 2. The van der Waals surface area contributed by atoms with Crippen molar-refractivity contribution < 1.29 is 13.2 Å². The van der Waals surface area contributed by atoms with E-state index in [2.05, 4.69) is 9.71 Å². The first-order chi connectivity index (χ1) is 12.8. The number of carbonyl (C=O) groups excluding carboxylic acids is 1. The number of aryl methyl sites for hydroxylation is 2. The molecular formula is C20H23N3O3S. The molecule has 7 heteroatoms. The predicted octanol–water partition coefficient (Wildman–Crippen LogP) is 3.42. The maximum atomic E-state index is 13.0. The quantitative estimate of drug-likeness (QED) is 0.659. The molecule has 1 heterocycles. The van der Waals surface area contributed by atoms with E-state index in [-0.39, 0.29) is 10.8 Å². The third-order valence-corrected chi connectivity index (χ3v) is 6.05. The summed E-state index contributed by atoms with van der Waals surface area (Å²) >= 11 is 0. The number of rotatable bonds is 6. The van der Waals surface area contributed by atoms with E-state index in [1.165, 1.54) is 23.0 Å². The zero-order valence-electron chi connectivity index (χ0n) is 15.7. The Labute approximate surface area is 159 Å². The molecule has 2 aromatic carbocycles. The van der Waals surface area contributed by atoms with Crippen LogP contribution in [0.3, 0.4) is 0 Å². The van der Waals surface area contributed by atoms with Gasteiger partial charge in [0, 0.05) is 12.1 Å². The molecule has 142 valence electrons. The van der Waals surface area contributed by atoms with Gasteiger partial charge in [0.2, 0.25) is 10.0 Å². The van der Waals surface area contributed by atoms with E-state index in [0.29, 0.717) is 17.6 Å². The Kier molecular flexibility index (Phi) is 5.43. The molecule has 1 aromatic heterocycles. The Bertz CT molecular complexity index is 1100. The molecule has 0 fully saturated rings. The number of hydrogen-bond donors (Lipinski definition) is 1. The van der Waals surface area contributed by atoms with Crippen molar-refractivity contribution in [3.05, 3.63) is 59.4 Å². The molecule has 27 heavy (non-hydrogen) atoms. The summed E-state index contributed by atoms with van der Waals surface area (Å²) in [5.41, 5.74) is 3.90. The van der Waals surface area contributed by atoms with Gasteiger partial charge in [0.25, 0.3) is 5.91 Å². The highest BCUT2D eigenvalue weighted by Gasteiger charge is 2.18. The van der Waals surface area contributed by atoms with E-state index in [1.807, 2.05) is 32.9 Å². The van der Waals surface area contributed by atoms with Gasteiger partial charge in [0.15, 0.2) is 0 Å². The van der Waals surface area contributed by atoms with Crippen LogP contribution in [0.15, 0.2) is 47.6 Å². The van der Waals surface area contributed by atoms with Crippen molar-refractivity contribution in [2.24, 2.45) is 0 Å². The van der Waals surface area contributed by atoms with Crippen LogP contribution < -0.4 is 4.72 Å². The van der Waals surface area contributed by atoms with Crippen LogP contribution in [0.5, 0.6) is 0 Å². The lowest BCUT2D eigenvalue weighted by molar-refractivity contribution is 0.0964. The fraction of sp³-hybridized carbons (Fsp3) is 0.300. The zero-order valence-corrected chi connectivity index (χ0v) is 16.5. The summed E-state index contributed by atoms with van der Waals surface area (Å²) in [5.74, 6) is -0.314. The first-order valence-electron chi connectivity index (χ1n) is 8.92. The summed E-state index contributed by atoms with van der Waals surface area (Å²) in [6.45, 7) is 6.34. The highest BCUT2D eigenvalue weighted by atomic mass is 32.2. The van der Waals surface area contributed by atoms with Gasteiger partial charge >= 0.3 is 0 Å². The minimum Gasteiger partial charge on any atom is -0.268 e. The van der Waals surface area contributed by atoms with Crippen molar-refractivity contribution in [1.82, 2.24) is 14.3 Å². The van der Waals surface area contributed by atoms with Crippen molar-refractivity contribution in [1.29, 1.82) is 0 Å². The van der Waals surface area contributed by atoms with Gasteiger partial charge < -0.3 is 0 Å². The van der Waals surface area contributed by atoms with Gasteiger partial charge in [0.05, 0.1) is 15.9 Å². The number of nitrogens with one attached hydrogen (secondary N) is 1. The lowest BCUT2D eigenvalue weighted by Gasteiger charge is -2.09. The van der Waals surface area contributed by atoms with Crippen LogP contribution >= 0.6 is 0 Å². The minimum absolute atomic E-state index is 0.0842. The predicted molar refractivity (Wildman–Crippen MR) is 105 cm³/mol. The van der Waals surface area contributed by atoms with Crippen molar-refractivity contribution >= 4 is 27.0 Å². The first-order valence-corrected chi connectivity index (χ1v) is 10.4. The maximum Gasteiger partial charge on any atom is 0.263 e. The molecule has 0 aliphatic carbocycles. The average Bonchev–Trinajstić information content (AvgIpc) is 3.04. The Morgan fingerprint density at radius 1 is 1.15 bits per heavy atom. The van der Waals surface area contributed by atoms with Gasteiger partial charge in [-0.05, 0) is 61.7 Å². The van der Waals surface area contributed by atoms with E-state index in [4.69, 9.17) is 0 Å². The van der Waals surface area contributed by atoms with Crippen LogP contribution in [0.4, 0.5) is 0 Å². The second-order valence-corrected chi connectivity index (χ2v) is 8.39. The summed E-state index contributed by atoms with van der Waals surface area (Å²) in [6.07, 6.45) is 3.14. The van der Waals surface area contributed by atoms with Gasteiger partial charge in [-0.1, -0.05) is 19.4 Å². The van der Waals surface area contributed by atoms with Crippen LogP contribution in [0, 0.1) is 13.8 Å². The van der Waals surface area contributed by atoms with Crippen LogP contribution in [-0.4, -0.2) is 30.4 Å². The average molecular weight is 385 g/mol. The molecule has 0 aliphatic heterocycles. The van der Waals surface area contributed by atoms with Gasteiger partial charge in [-0.25, -0.2) is 18.1 Å². The van der Waals surface area contributed by atoms with Crippen LogP contribution in [0.1, 0.15) is 41.3 Å². The minimum atomic E-state index is -3.64. The van der Waals surface area contributed by atoms with Crippen molar-refractivity contribution in [2.45, 2.75) is 38.5 Å². The van der Waals surface area contributed by atoms with Crippen molar-refractivity contribution in [3.63, 3.8) is 0 Å². The summed E-state index contributed by atoms with van der Waals surface area (Å²) in [4.78, 5) is 17.3. The third kappa shape index (κ3) is 3.94. The lowest BCUT2D eigenvalue weighted by Crippen LogP contribution is -2.25. The Morgan fingerprint density at radius 2 is 1.89 bits per heavy atom. The molecule has 0 radical (unpaired) electrons. The monoisotopic (exact) mass is 385 g/mol. The maximum absolute atomic E-state index is 13.0. The van der Waals surface area contributed by atoms with E-state index in [1.54, 1.807) is 12.1 Å². The van der Waals surface area contributed by atoms with E-state index >= 15 is 0 Å². The lowest BCUT2D eigenvalue weighted by atomic mass is 10.1. The first kappa shape index (κ1) is 19.3. The molecule has 0 saturated heterocycles. The fourth-order valence-electron chi connectivity index (χ4n) is 2.83. The molecule has 0 amide bonds. The number of hydrogen-bond acceptors (Lipinski definition) is 4. The number of sulfonamides is 1. The SMILES string of the molecule is CCCCNS(=O)(=O)c1cccc(C(=O)n2cnc3cc(C)c(C)cc32)c1. The number of aromatic nitrogens is 2.